The van der Waals surface area contributed by atoms with Gasteiger partial charge >= 0.3 is 0 Å². The lowest BCUT2D eigenvalue weighted by molar-refractivity contribution is 0.355. The fourth-order valence-corrected chi connectivity index (χ4v) is 4.45. The molecule has 0 amide bonds. The number of rotatable bonds is 0. The fourth-order valence-electron chi connectivity index (χ4n) is 1.56. The van der Waals surface area contributed by atoms with Crippen LogP contribution in [-0.2, 0) is 4.57 Å². The first-order chi connectivity index (χ1) is 5.35. The Kier molecular flexibility index (Phi) is 2.70. The maximum atomic E-state index is 12.4. The summed E-state index contributed by atoms with van der Waals surface area (Å²) in [6.07, 6.45) is 1.82. The van der Waals surface area contributed by atoms with Crippen molar-refractivity contribution in [3.05, 3.63) is 0 Å². The van der Waals surface area contributed by atoms with Crippen LogP contribution >= 0.6 is 7.14 Å². The van der Waals surface area contributed by atoms with E-state index in [0.717, 1.165) is 25.4 Å². The number of hydrogen-bond donors (Lipinski definition) is 0. The van der Waals surface area contributed by atoms with Gasteiger partial charge in [0.05, 0.1) is 7.14 Å². The Labute approximate surface area is 75.7 Å². The third kappa shape index (κ3) is 1.92. The first-order valence-corrected chi connectivity index (χ1v) is 6.70. The minimum absolute atomic E-state index is 0.0221. The van der Waals surface area contributed by atoms with Crippen molar-refractivity contribution in [2.24, 2.45) is 0 Å². The van der Waals surface area contributed by atoms with Crippen molar-refractivity contribution in [1.29, 1.82) is 0 Å². The second-order valence-electron chi connectivity index (χ2n) is 4.81. The number of hydrogen-bond acceptors (Lipinski definition) is 2. The molecule has 0 aliphatic carbocycles. The Morgan fingerprint density at radius 3 is 1.92 bits per heavy atom. The molecule has 0 aromatic heterocycles. The van der Waals surface area contributed by atoms with Gasteiger partial charge in [-0.05, 0) is 7.05 Å². The molecule has 0 spiro atoms. The zero-order valence-corrected chi connectivity index (χ0v) is 9.53. The van der Waals surface area contributed by atoms with Gasteiger partial charge in [0.25, 0.3) is 0 Å². The molecule has 0 N–H and O–H groups in total. The molecule has 1 aliphatic rings. The van der Waals surface area contributed by atoms with Crippen LogP contribution in [0.25, 0.3) is 0 Å². The Morgan fingerprint density at radius 1 is 1.17 bits per heavy atom. The smallest absolute Gasteiger partial charge is 0.0952 e. The fraction of sp³-hybridized carbons (Fsp3) is 1.00. The van der Waals surface area contributed by atoms with Crippen LogP contribution < -0.4 is 0 Å². The van der Waals surface area contributed by atoms with Gasteiger partial charge in [-0.25, -0.2) is 0 Å². The lowest BCUT2D eigenvalue weighted by Gasteiger charge is -2.37. The predicted molar refractivity (Wildman–Crippen MR) is 54.6 cm³/mol. The van der Waals surface area contributed by atoms with E-state index >= 15 is 0 Å². The minimum atomic E-state index is -1.88. The van der Waals surface area contributed by atoms with Gasteiger partial charge in [-0.3, -0.25) is 0 Å². The summed E-state index contributed by atoms with van der Waals surface area (Å²) in [7, 11) is 0.227. The molecule has 1 heterocycles. The molecule has 72 valence electrons. The van der Waals surface area contributed by atoms with E-state index in [0.29, 0.717) is 0 Å². The zero-order valence-electron chi connectivity index (χ0n) is 8.63. The third-order valence-electron chi connectivity index (χ3n) is 2.91. The first kappa shape index (κ1) is 10.3. The molecule has 1 rings (SSSR count). The number of nitrogens with zero attached hydrogens (tertiary/aromatic N) is 1. The van der Waals surface area contributed by atoms with Gasteiger partial charge < -0.3 is 9.46 Å². The highest BCUT2D eigenvalue weighted by atomic mass is 31.2. The normalized spacial score (nSPS) is 25.7. The molecule has 12 heavy (non-hydrogen) atoms. The van der Waals surface area contributed by atoms with Crippen LogP contribution in [0.1, 0.15) is 20.8 Å². The average Bonchev–Trinajstić information content (AvgIpc) is 1.93. The van der Waals surface area contributed by atoms with Crippen LogP contribution in [0.4, 0.5) is 0 Å². The highest BCUT2D eigenvalue weighted by Gasteiger charge is 2.38. The summed E-state index contributed by atoms with van der Waals surface area (Å²) < 4.78 is 12.4. The van der Waals surface area contributed by atoms with E-state index in [1.165, 1.54) is 0 Å². The SMILES string of the molecule is CN1CCP(=O)(C(C)(C)C)CC1. The summed E-state index contributed by atoms with van der Waals surface area (Å²) in [5, 5.41) is 0.0221. The van der Waals surface area contributed by atoms with Gasteiger partial charge in [0.1, 0.15) is 0 Å². The highest BCUT2D eigenvalue weighted by molar-refractivity contribution is 7.65. The van der Waals surface area contributed by atoms with E-state index in [9.17, 15) is 4.57 Å². The average molecular weight is 189 g/mol. The van der Waals surface area contributed by atoms with Gasteiger partial charge in [0, 0.05) is 30.6 Å². The molecule has 2 nitrogen and oxygen atoms in total. The van der Waals surface area contributed by atoms with Crippen molar-refractivity contribution in [3.63, 3.8) is 0 Å². The molecule has 0 unspecified atom stereocenters. The first-order valence-electron chi connectivity index (χ1n) is 4.62. The Bertz CT molecular complexity index is 195. The van der Waals surface area contributed by atoms with Gasteiger partial charge in [-0.2, -0.15) is 0 Å². The summed E-state index contributed by atoms with van der Waals surface area (Å²) >= 11 is 0. The largest absolute Gasteiger partial charge is 0.323 e. The molecule has 0 atom stereocenters. The molecule has 0 saturated carbocycles. The zero-order chi connectivity index (χ0) is 9.41. The monoisotopic (exact) mass is 189 g/mol. The summed E-state index contributed by atoms with van der Waals surface area (Å²) in [5.74, 6) is 0. The molecule has 1 aliphatic heterocycles. The summed E-state index contributed by atoms with van der Waals surface area (Å²) in [6.45, 7) is 8.35. The Morgan fingerprint density at radius 2 is 1.58 bits per heavy atom. The molecule has 0 bridgehead atoms. The van der Waals surface area contributed by atoms with Crippen LogP contribution in [0.2, 0.25) is 0 Å². The Hall–Kier alpha value is 0.190. The Balaban J connectivity index is 2.69. The van der Waals surface area contributed by atoms with Gasteiger partial charge in [0.15, 0.2) is 0 Å². The molecule has 1 fully saturated rings. The van der Waals surface area contributed by atoms with E-state index in [-0.39, 0.29) is 5.16 Å². The quantitative estimate of drug-likeness (QED) is 0.544. The van der Waals surface area contributed by atoms with Crippen molar-refractivity contribution in [2.75, 3.05) is 32.5 Å². The van der Waals surface area contributed by atoms with E-state index in [4.69, 9.17) is 0 Å². The van der Waals surface area contributed by atoms with Gasteiger partial charge in [0.2, 0.25) is 0 Å². The molecular weight excluding hydrogens is 169 g/mol. The van der Waals surface area contributed by atoms with Crippen LogP contribution in [-0.4, -0.2) is 42.5 Å². The minimum Gasteiger partial charge on any atom is -0.323 e. The molecular formula is C9H20NOP. The highest BCUT2D eigenvalue weighted by Crippen LogP contribution is 2.58. The standard InChI is InChI=1S/C9H20NOP/c1-9(2,3)12(11)7-5-10(4)6-8-12/h5-8H2,1-4H3. The lowest BCUT2D eigenvalue weighted by Crippen LogP contribution is -2.36. The molecule has 1 saturated heterocycles. The van der Waals surface area contributed by atoms with Gasteiger partial charge in [-0.15, -0.1) is 0 Å². The third-order valence-corrected chi connectivity index (χ3v) is 7.20. The second kappa shape index (κ2) is 3.16. The topological polar surface area (TPSA) is 20.3 Å². The molecule has 0 radical (unpaired) electrons. The van der Waals surface area contributed by atoms with Crippen LogP contribution in [0, 0.1) is 0 Å². The van der Waals surface area contributed by atoms with Crippen molar-refractivity contribution in [1.82, 2.24) is 4.90 Å². The van der Waals surface area contributed by atoms with Crippen molar-refractivity contribution in [2.45, 2.75) is 25.9 Å². The van der Waals surface area contributed by atoms with Crippen molar-refractivity contribution in [3.8, 4) is 0 Å². The molecule has 0 aromatic rings. The van der Waals surface area contributed by atoms with Crippen LogP contribution in [0.3, 0.4) is 0 Å². The van der Waals surface area contributed by atoms with Crippen LogP contribution in [0.15, 0.2) is 0 Å². The lowest BCUT2D eigenvalue weighted by atomic mass is 10.3. The van der Waals surface area contributed by atoms with Crippen molar-refractivity contribution < 1.29 is 4.57 Å². The van der Waals surface area contributed by atoms with Crippen LogP contribution in [0.5, 0.6) is 0 Å². The van der Waals surface area contributed by atoms with Crippen molar-refractivity contribution >= 4 is 7.14 Å². The summed E-state index contributed by atoms with van der Waals surface area (Å²) in [6, 6.07) is 0. The predicted octanol–water partition coefficient (Wildman–Crippen LogP) is 2.09. The van der Waals surface area contributed by atoms with E-state index in [2.05, 4.69) is 32.7 Å². The van der Waals surface area contributed by atoms with E-state index < -0.39 is 7.14 Å². The summed E-state index contributed by atoms with van der Waals surface area (Å²) in [4.78, 5) is 2.27. The summed E-state index contributed by atoms with van der Waals surface area (Å²) in [5.41, 5.74) is 0. The molecule has 0 aromatic carbocycles. The van der Waals surface area contributed by atoms with E-state index in [1.807, 2.05) is 0 Å². The van der Waals surface area contributed by atoms with Gasteiger partial charge in [-0.1, -0.05) is 20.8 Å². The maximum absolute atomic E-state index is 12.4. The second-order valence-corrected chi connectivity index (χ2v) is 8.83. The molecule has 3 heteroatoms. The van der Waals surface area contributed by atoms with E-state index in [1.54, 1.807) is 0 Å². The maximum Gasteiger partial charge on any atom is 0.0952 e.